The van der Waals surface area contributed by atoms with Gasteiger partial charge in [0.15, 0.2) is 0 Å². The van der Waals surface area contributed by atoms with E-state index in [2.05, 4.69) is 4.90 Å². The number of methoxy groups -OCH3 is 1. The van der Waals surface area contributed by atoms with Crippen LogP contribution in [0.3, 0.4) is 0 Å². The fourth-order valence-electron chi connectivity index (χ4n) is 1.90. The molecule has 4 heteroatoms. The highest BCUT2D eigenvalue weighted by molar-refractivity contribution is 4.82. The van der Waals surface area contributed by atoms with E-state index >= 15 is 0 Å². The van der Waals surface area contributed by atoms with Gasteiger partial charge in [-0.2, -0.15) is 0 Å². The summed E-state index contributed by atoms with van der Waals surface area (Å²) in [5, 5.41) is 9.83. The molecule has 0 saturated carbocycles. The third-order valence-electron chi connectivity index (χ3n) is 2.80. The first kappa shape index (κ1) is 11.9. The number of hydrogen-bond acceptors (Lipinski definition) is 4. The van der Waals surface area contributed by atoms with Crippen LogP contribution in [0.2, 0.25) is 0 Å². The van der Waals surface area contributed by atoms with Crippen LogP contribution in [0, 0.1) is 0 Å². The molecule has 0 bridgehead atoms. The second-order valence-corrected chi connectivity index (χ2v) is 4.44. The highest BCUT2D eigenvalue weighted by Gasteiger charge is 2.26. The van der Waals surface area contributed by atoms with E-state index in [9.17, 15) is 5.11 Å². The van der Waals surface area contributed by atoms with Crippen molar-refractivity contribution in [3.05, 3.63) is 0 Å². The highest BCUT2D eigenvalue weighted by Crippen LogP contribution is 2.15. The van der Waals surface area contributed by atoms with Crippen LogP contribution in [0.1, 0.15) is 19.8 Å². The van der Waals surface area contributed by atoms with Gasteiger partial charge in [-0.15, -0.1) is 0 Å². The summed E-state index contributed by atoms with van der Waals surface area (Å²) in [6.07, 6.45) is 2.58. The molecule has 2 unspecified atom stereocenters. The molecule has 0 spiro atoms. The number of nitrogens with two attached hydrogens (primary N) is 1. The van der Waals surface area contributed by atoms with Crippen molar-refractivity contribution in [2.24, 2.45) is 5.73 Å². The maximum absolute atomic E-state index is 9.83. The van der Waals surface area contributed by atoms with Crippen molar-refractivity contribution in [1.29, 1.82) is 0 Å². The summed E-state index contributed by atoms with van der Waals surface area (Å²) in [6.45, 7) is 4.68. The molecule has 84 valence electrons. The van der Waals surface area contributed by atoms with Crippen molar-refractivity contribution >= 4 is 0 Å². The van der Waals surface area contributed by atoms with Crippen LogP contribution in [-0.2, 0) is 4.74 Å². The number of hydrogen-bond donors (Lipinski definition) is 2. The summed E-state index contributed by atoms with van der Waals surface area (Å²) in [7, 11) is 1.75. The van der Waals surface area contributed by atoms with Crippen LogP contribution in [-0.4, -0.2) is 55.0 Å². The predicted octanol–water partition coefficient (Wildman–Crippen LogP) is -0.193. The molecule has 0 aromatic heterocycles. The molecule has 1 aliphatic heterocycles. The lowest BCUT2D eigenvalue weighted by molar-refractivity contribution is -0.0165. The Morgan fingerprint density at radius 2 is 2.36 bits per heavy atom. The van der Waals surface area contributed by atoms with E-state index in [1.165, 1.54) is 0 Å². The number of likely N-dealkylation sites (tertiary alicyclic amines) is 1. The molecule has 1 aliphatic rings. The summed E-state index contributed by atoms with van der Waals surface area (Å²) < 4.78 is 5.31. The molecular formula is C10H22N2O2. The fourth-order valence-corrected chi connectivity index (χ4v) is 1.90. The fraction of sp³-hybridized carbons (Fsp3) is 1.00. The summed E-state index contributed by atoms with van der Waals surface area (Å²) >= 11 is 0. The first-order valence-electron chi connectivity index (χ1n) is 5.25. The van der Waals surface area contributed by atoms with Crippen molar-refractivity contribution in [3.8, 4) is 0 Å². The third-order valence-corrected chi connectivity index (χ3v) is 2.80. The Kier molecular flexibility index (Phi) is 4.31. The van der Waals surface area contributed by atoms with Gasteiger partial charge in [0.1, 0.15) is 0 Å². The Morgan fingerprint density at radius 3 is 2.93 bits per heavy atom. The third kappa shape index (κ3) is 3.53. The maximum Gasteiger partial charge on any atom is 0.0867 e. The molecule has 0 aromatic rings. The minimum atomic E-state index is -0.768. The van der Waals surface area contributed by atoms with Crippen LogP contribution in [0.25, 0.3) is 0 Å². The molecule has 1 heterocycles. The van der Waals surface area contributed by atoms with Crippen LogP contribution >= 0.6 is 0 Å². The SMILES string of the molecule is COC1CCCN(CC(C)(O)CN)C1. The van der Waals surface area contributed by atoms with Gasteiger partial charge in [0.2, 0.25) is 0 Å². The molecule has 1 saturated heterocycles. The molecule has 3 N–H and O–H groups in total. The minimum Gasteiger partial charge on any atom is -0.388 e. The molecule has 0 amide bonds. The Balaban J connectivity index is 2.37. The Morgan fingerprint density at radius 1 is 1.64 bits per heavy atom. The minimum absolute atomic E-state index is 0.307. The quantitative estimate of drug-likeness (QED) is 0.663. The zero-order valence-corrected chi connectivity index (χ0v) is 9.20. The highest BCUT2D eigenvalue weighted by atomic mass is 16.5. The largest absolute Gasteiger partial charge is 0.388 e. The lowest BCUT2D eigenvalue weighted by Gasteiger charge is -2.36. The lowest BCUT2D eigenvalue weighted by atomic mass is 10.0. The van der Waals surface area contributed by atoms with Crippen molar-refractivity contribution in [2.75, 3.05) is 33.3 Å². The Labute approximate surface area is 86.0 Å². The van der Waals surface area contributed by atoms with Gasteiger partial charge in [-0.1, -0.05) is 0 Å². The van der Waals surface area contributed by atoms with Crippen molar-refractivity contribution in [1.82, 2.24) is 4.90 Å². The molecule has 14 heavy (non-hydrogen) atoms. The van der Waals surface area contributed by atoms with Crippen molar-refractivity contribution in [2.45, 2.75) is 31.5 Å². The van der Waals surface area contributed by atoms with E-state index in [0.717, 1.165) is 25.9 Å². The van der Waals surface area contributed by atoms with Gasteiger partial charge < -0.3 is 15.6 Å². The summed E-state index contributed by atoms with van der Waals surface area (Å²) in [6, 6.07) is 0. The molecule has 2 atom stereocenters. The average molecular weight is 202 g/mol. The zero-order chi connectivity index (χ0) is 10.6. The van der Waals surface area contributed by atoms with E-state index in [0.29, 0.717) is 19.2 Å². The number of β-amino-alcohol motifs (C(OH)–C–C–N with tert-alkyl or cyclic N) is 1. The monoisotopic (exact) mass is 202 g/mol. The van der Waals surface area contributed by atoms with E-state index in [-0.39, 0.29) is 0 Å². The molecular weight excluding hydrogens is 180 g/mol. The number of ether oxygens (including phenoxy) is 1. The summed E-state index contributed by atoms with van der Waals surface area (Å²) in [5.41, 5.74) is 4.71. The van der Waals surface area contributed by atoms with Gasteiger partial charge >= 0.3 is 0 Å². The molecule has 4 nitrogen and oxygen atoms in total. The number of nitrogens with zero attached hydrogens (tertiary/aromatic N) is 1. The zero-order valence-electron chi connectivity index (χ0n) is 9.20. The van der Waals surface area contributed by atoms with Crippen molar-refractivity contribution < 1.29 is 9.84 Å². The molecule has 0 radical (unpaired) electrons. The second kappa shape index (κ2) is 5.07. The van der Waals surface area contributed by atoms with E-state index in [1.807, 2.05) is 0 Å². The van der Waals surface area contributed by atoms with Crippen LogP contribution in [0.5, 0.6) is 0 Å². The number of rotatable bonds is 4. The lowest BCUT2D eigenvalue weighted by Crippen LogP contribution is -2.50. The maximum atomic E-state index is 9.83. The first-order chi connectivity index (χ1) is 6.57. The molecule has 0 aliphatic carbocycles. The average Bonchev–Trinajstić information content (AvgIpc) is 2.17. The first-order valence-corrected chi connectivity index (χ1v) is 5.25. The van der Waals surface area contributed by atoms with E-state index in [4.69, 9.17) is 10.5 Å². The van der Waals surface area contributed by atoms with Gasteiger partial charge in [0.25, 0.3) is 0 Å². The number of piperidine rings is 1. The summed E-state index contributed by atoms with van der Waals surface area (Å²) in [5.74, 6) is 0. The predicted molar refractivity (Wildman–Crippen MR) is 56.1 cm³/mol. The summed E-state index contributed by atoms with van der Waals surface area (Å²) in [4.78, 5) is 2.23. The molecule has 1 rings (SSSR count). The van der Waals surface area contributed by atoms with Crippen LogP contribution < -0.4 is 5.73 Å². The van der Waals surface area contributed by atoms with Gasteiger partial charge in [0.05, 0.1) is 11.7 Å². The Hall–Kier alpha value is -0.160. The van der Waals surface area contributed by atoms with Crippen LogP contribution in [0.15, 0.2) is 0 Å². The van der Waals surface area contributed by atoms with Gasteiger partial charge in [-0.3, -0.25) is 4.90 Å². The smallest absolute Gasteiger partial charge is 0.0867 e. The standard InChI is InChI=1S/C10H22N2O2/c1-10(13,7-11)8-12-5-3-4-9(6-12)14-2/h9,13H,3-8,11H2,1-2H3. The van der Waals surface area contributed by atoms with Crippen molar-refractivity contribution in [3.63, 3.8) is 0 Å². The number of aliphatic hydroxyl groups is 1. The van der Waals surface area contributed by atoms with Gasteiger partial charge in [-0.25, -0.2) is 0 Å². The van der Waals surface area contributed by atoms with Crippen LogP contribution in [0.4, 0.5) is 0 Å². The second-order valence-electron chi connectivity index (χ2n) is 4.44. The normalized spacial score (nSPS) is 28.7. The van der Waals surface area contributed by atoms with E-state index in [1.54, 1.807) is 14.0 Å². The van der Waals surface area contributed by atoms with Gasteiger partial charge in [0, 0.05) is 26.7 Å². The van der Waals surface area contributed by atoms with Gasteiger partial charge in [-0.05, 0) is 26.3 Å². The molecule has 1 fully saturated rings. The molecule has 0 aromatic carbocycles. The van der Waals surface area contributed by atoms with E-state index < -0.39 is 5.60 Å². The Bertz CT molecular complexity index is 174. The topological polar surface area (TPSA) is 58.7 Å².